The van der Waals surface area contributed by atoms with Crippen molar-refractivity contribution in [1.29, 1.82) is 0 Å². The Bertz CT molecular complexity index is 450. The zero-order valence-corrected chi connectivity index (χ0v) is 11.0. The molecule has 0 aliphatic rings. The summed E-state index contributed by atoms with van der Waals surface area (Å²) in [5.74, 6) is -0.726. The first kappa shape index (κ1) is 14.9. The second kappa shape index (κ2) is 7.32. The van der Waals surface area contributed by atoms with Crippen molar-refractivity contribution in [2.45, 2.75) is 13.0 Å². The van der Waals surface area contributed by atoms with Gasteiger partial charge in [-0.15, -0.1) is 0 Å². The molecule has 1 rings (SSSR count). The molecule has 0 fully saturated rings. The second-order valence-electron chi connectivity index (χ2n) is 3.95. The summed E-state index contributed by atoms with van der Waals surface area (Å²) in [7, 11) is 1.54. The normalized spacial score (nSPS) is 11.7. The molecule has 4 N–H and O–H groups in total. The topological polar surface area (TPSA) is 106 Å². The lowest BCUT2D eigenvalue weighted by molar-refractivity contribution is -0.122. The van der Waals surface area contributed by atoms with Gasteiger partial charge in [0.1, 0.15) is 11.7 Å². The summed E-state index contributed by atoms with van der Waals surface area (Å²) in [6.07, 6.45) is 1.44. The van der Waals surface area contributed by atoms with E-state index in [1.54, 1.807) is 20.1 Å². The summed E-state index contributed by atoms with van der Waals surface area (Å²) in [5, 5.41) is 5.17. The highest BCUT2D eigenvalue weighted by atomic mass is 16.5. The number of rotatable bonds is 6. The van der Waals surface area contributed by atoms with Crippen LogP contribution in [0, 0.1) is 0 Å². The number of ether oxygens (including phenoxy) is 1. The Kier molecular flexibility index (Phi) is 5.74. The molecule has 7 nitrogen and oxygen atoms in total. The van der Waals surface area contributed by atoms with E-state index in [4.69, 9.17) is 10.5 Å². The Labute approximate surface area is 111 Å². The van der Waals surface area contributed by atoms with Crippen molar-refractivity contribution in [3.8, 4) is 0 Å². The minimum Gasteiger partial charge on any atom is -0.399 e. The van der Waals surface area contributed by atoms with Crippen LogP contribution in [0.4, 0.5) is 5.69 Å². The number of carbonyl (C=O) groups is 2. The number of nitrogens with zero attached hydrogens (tertiary/aromatic N) is 1. The summed E-state index contributed by atoms with van der Waals surface area (Å²) in [6.45, 7) is 2.40. The molecule has 1 atom stereocenters. The quantitative estimate of drug-likeness (QED) is 0.604. The fourth-order valence-corrected chi connectivity index (χ4v) is 1.34. The van der Waals surface area contributed by atoms with E-state index in [9.17, 15) is 9.59 Å². The number of aromatic nitrogens is 1. The second-order valence-corrected chi connectivity index (χ2v) is 3.95. The number of carbonyl (C=O) groups excluding carboxylic acids is 2. The van der Waals surface area contributed by atoms with Crippen molar-refractivity contribution < 1.29 is 14.3 Å². The average Bonchev–Trinajstić information content (AvgIpc) is 2.38. The highest BCUT2D eigenvalue weighted by molar-refractivity contribution is 5.96. The van der Waals surface area contributed by atoms with Crippen molar-refractivity contribution in [3.05, 3.63) is 24.0 Å². The van der Waals surface area contributed by atoms with Gasteiger partial charge in [-0.2, -0.15) is 0 Å². The van der Waals surface area contributed by atoms with Gasteiger partial charge >= 0.3 is 0 Å². The number of methoxy groups -OCH3 is 1. The zero-order chi connectivity index (χ0) is 14.3. The smallest absolute Gasteiger partial charge is 0.270 e. The summed E-state index contributed by atoms with van der Waals surface area (Å²) in [4.78, 5) is 27.3. The summed E-state index contributed by atoms with van der Waals surface area (Å²) >= 11 is 0. The highest BCUT2D eigenvalue weighted by Gasteiger charge is 2.16. The Hall–Kier alpha value is -2.15. The third kappa shape index (κ3) is 4.92. The highest BCUT2D eigenvalue weighted by Crippen LogP contribution is 2.02. The molecule has 2 amide bonds. The van der Waals surface area contributed by atoms with Crippen LogP contribution in [0.15, 0.2) is 18.3 Å². The predicted molar refractivity (Wildman–Crippen MR) is 70.5 cm³/mol. The molecule has 1 unspecified atom stereocenters. The van der Waals surface area contributed by atoms with Crippen molar-refractivity contribution in [1.82, 2.24) is 15.6 Å². The van der Waals surface area contributed by atoms with Gasteiger partial charge in [0, 0.05) is 25.5 Å². The van der Waals surface area contributed by atoms with Gasteiger partial charge in [0.2, 0.25) is 5.91 Å². The number of amides is 2. The number of hydrogen-bond donors (Lipinski definition) is 3. The minimum atomic E-state index is -0.660. The van der Waals surface area contributed by atoms with E-state index in [0.717, 1.165) is 0 Å². The predicted octanol–water partition coefficient (Wildman–Crippen LogP) is -0.455. The van der Waals surface area contributed by atoms with Gasteiger partial charge in [-0.3, -0.25) is 14.6 Å². The lowest BCUT2D eigenvalue weighted by Gasteiger charge is -2.13. The number of nitrogen functional groups attached to an aromatic ring is 1. The summed E-state index contributed by atoms with van der Waals surface area (Å²) in [5.41, 5.74) is 6.17. The molecule has 0 aromatic carbocycles. The van der Waals surface area contributed by atoms with Crippen LogP contribution in [-0.4, -0.2) is 43.1 Å². The molecule has 0 saturated heterocycles. The number of pyridine rings is 1. The van der Waals surface area contributed by atoms with Crippen LogP contribution in [0.5, 0.6) is 0 Å². The molecule has 0 saturated carbocycles. The Morgan fingerprint density at radius 1 is 1.53 bits per heavy atom. The van der Waals surface area contributed by atoms with Crippen molar-refractivity contribution >= 4 is 17.5 Å². The zero-order valence-electron chi connectivity index (χ0n) is 11.0. The van der Waals surface area contributed by atoms with Gasteiger partial charge in [-0.25, -0.2) is 0 Å². The van der Waals surface area contributed by atoms with Gasteiger partial charge in [-0.1, -0.05) is 0 Å². The lowest BCUT2D eigenvalue weighted by atomic mass is 10.2. The molecule has 0 aliphatic heterocycles. The van der Waals surface area contributed by atoms with Gasteiger partial charge in [-0.05, 0) is 19.1 Å². The maximum absolute atomic E-state index is 11.8. The van der Waals surface area contributed by atoms with Crippen LogP contribution in [-0.2, 0) is 9.53 Å². The minimum absolute atomic E-state index is 0.177. The lowest BCUT2D eigenvalue weighted by Crippen LogP contribution is -2.45. The van der Waals surface area contributed by atoms with Gasteiger partial charge in [0.05, 0.1) is 6.61 Å². The summed E-state index contributed by atoms with van der Waals surface area (Å²) < 4.78 is 4.81. The third-order valence-corrected chi connectivity index (χ3v) is 2.36. The number of nitrogens with two attached hydrogens (primary N) is 1. The standard InChI is InChI=1S/C12H18N4O3/c1-8(11(17)15-5-6-19-2)16-12(18)10-7-9(13)3-4-14-10/h3-4,7-8H,5-6H2,1-2H3,(H2,13,14)(H,15,17)(H,16,18). The molecule has 1 aromatic heterocycles. The molecule has 0 spiro atoms. The molecular weight excluding hydrogens is 248 g/mol. The van der Waals surface area contributed by atoms with E-state index in [0.29, 0.717) is 18.8 Å². The van der Waals surface area contributed by atoms with Crippen molar-refractivity contribution in [3.63, 3.8) is 0 Å². The van der Waals surface area contributed by atoms with Crippen LogP contribution in [0.1, 0.15) is 17.4 Å². The molecule has 0 aliphatic carbocycles. The first-order chi connectivity index (χ1) is 9.04. The van der Waals surface area contributed by atoms with Crippen LogP contribution < -0.4 is 16.4 Å². The van der Waals surface area contributed by atoms with E-state index in [1.807, 2.05) is 0 Å². The SMILES string of the molecule is COCCNC(=O)C(C)NC(=O)c1cc(N)ccn1. The number of nitrogens with one attached hydrogen (secondary N) is 2. The fraction of sp³-hybridized carbons (Fsp3) is 0.417. The average molecular weight is 266 g/mol. The van der Waals surface area contributed by atoms with Crippen LogP contribution in [0.25, 0.3) is 0 Å². The van der Waals surface area contributed by atoms with Crippen molar-refractivity contribution in [2.75, 3.05) is 26.0 Å². The molecule has 104 valence electrons. The van der Waals surface area contributed by atoms with E-state index in [2.05, 4.69) is 15.6 Å². The molecule has 0 bridgehead atoms. The van der Waals surface area contributed by atoms with Gasteiger partial charge in [0.25, 0.3) is 5.91 Å². The molecule has 19 heavy (non-hydrogen) atoms. The van der Waals surface area contributed by atoms with E-state index in [-0.39, 0.29) is 11.6 Å². The third-order valence-electron chi connectivity index (χ3n) is 2.36. The first-order valence-electron chi connectivity index (χ1n) is 5.83. The number of anilines is 1. The maximum atomic E-state index is 11.8. The number of hydrogen-bond acceptors (Lipinski definition) is 5. The molecule has 0 radical (unpaired) electrons. The fourth-order valence-electron chi connectivity index (χ4n) is 1.34. The van der Waals surface area contributed by atoms with Crippen LogP contribution in [0.3, 0.4) is 0 Å². The van der Waals surface area contributed by atoms with E-state index < -0.39 is 11.9 Å². The van der Waals surface area contributed by atoms with Crippen LogP contribution in [0.2, 0.25) is 0 Å². The molecule has 7 heteroatoms. The van der Waals surface area contributed by atoms with E-state index >= 15 is 0 Å². The van der Waals surface area contributed by atoms with Crippen molar-refractivity contribution in [2.24, 2.45) is 0 Å². The monoisotopic (exact) mass is 266 g/mol. The molecule has 1 aromatic rings. The maximum Gasteiger partial charge on any atom is 0.270 e. The Morgan fingerprint density at radius 3 is 2.89 bits per heavy atom. The van der Waals surface area contributed by atoms with Crippen LogP contribution >= 0.6 is 0 Å². The Balaban J connectivity index is 2.49. The van der Waals surface area contributed by atoms with E-state index in [1.165, 1.54) is 12.3 Å². The molecule has 1 heterocycles. The summed E-state index contributed by atoms with van der Waals surface area (Å²) in [6, 6.07) is 2.37. The molecular formula is C12H18N4O3. The first-order valence-corrected chi connectivity index (χ1v) is 5.83. The van der Waals surface area contributed by atoms with Gasteiger partial charge < -0.3 is 21.1 Å². The van der Waals surface area contributed by atoms with Gasteiger partial charge in [0.15, 0.2) is 0 Å². The Morgan fingerprint density at radius 2 is 2.26 bits per heavy atom. The largest absolute Gasteiger partial charge is 0.399 e.